The second kappa shape index (κ2) is 4.91. The van der Waals surface area contributed by atoms with Crippen LogP contribution in [-0.4, -0.2) is 29.1 Å². The van der Waals surface area contributed by atoms with Crippen molar-refractivity contribution < 1.29 is 9.90 Å². The summed E-state index contributed by atoms with van der Waals surface area (Å²) in [6, 6.07) is 6.50. The zero-order valence-electron chi connectivity index (χ0n) is 11.0. The van der Waals surface area contributed by atoms with Crippen LogP contribution in [0.1, 0.15) is 17.5 Å². The first-order valence-corrected chi connectivity index (χ1v) is 7.53. The van der Waals surface area contributed by atoms with Gasteiger partial charge >= 0.3 is 5.97 Å². The molecular formula is C15H18BrNO2. The number of benzene rings is 1. The van der Waals surface area contributed by atoms with E-state index in [1.165, 1.54) is 11.1 Å². The summed E-state index contributed by atoms with van der Waals surface area (Å²) in [5.41, 5.74) is 2.60. The monoisotopic (exact) mass is 323 g/mol. The van der Waals surface area contributed by atoms with Gasteiger partial charge in [0.15, 0.2) is 0 Å². The van der Waals surface area contributed by atoms with Crippen LogP contribution in [0.3, 0.4) is 0 Å². The van der Waals surface area contributed by atoms with Crippen LogP contribution in [0.4, 0.5) is 0 Å². The summed E-state index contributed by atoms with van der Waals surface area (Å²) in [5.74, 6) is 0.388. The summed E-state index contributed by atoms with van der Waals surface area (Å²) in [6.07, 6.45) is 0.893. The number of aliphatic carboxylic acids is 1. The Balaban J connectivity index is 1.50. The minimum absolute atomic E-state index is 0.0553. The molecule has 1 aliphatic carbocycles. The van der Waals surface area contributed by atoms with Crippen molar-refractivity contribution in [2.75, 3.05) is 13.1 Å². The van der Waals surface area contributed by atoms with Gasteiger partial charge in [0, 0.05) is 24.1 Å². The Morgan fingerprint density at radius 1 is 1.42 bits per heavy atom. The smallest absolute Gasteiger partial charge is 0.306 e. The molecule has 0 unspecified atom stereocenters. The molecule has 1 heterocycles. The Labute approximate surface area is 121 Å². The molecule has 0 amide bonds. The van der Waals surface area contributed by atoms with Crippen molar-refractivity contribution in [3.63, 3.8) is 0 Å². The van der Waals surface area contributed by atoms with Gasteiger partial charge in [0.05, 0.1) is 5.92 Å². The third kappa shape index (κ3) is 2.84. The topological polar surface area (TPSA) is 40.5 Å². The quantitative estimate of drug-likeness (QED) is 0.926. The van der Waals surface area contributed by atoms with Gasteiger partial charge in [-0.3, -0.25) is 9.69 Å². The van der Waals surface area contributed by atoms with E-state index in [9.17, 15) is 4.79 Å². The molecule has 3 nitrogen and oxygen atoms in total. The lowest BCUT2D eigenvalue weighted by Gasteiger charge is -2.40. The van der Waals surface area contributed by atoms with Gasteiger partial charge < -0.3 is 5.11 Å². The number of carboxylic acid groups (broad SMARTS) is 1. The van der Waals surface area contributed by atoms with Crippen molar-refractivity contribution in [3.8, 4) is 0 Å². The van der Waals surface area contributed by atoms with E-state index in [2.05, 4.69) is 46.0 Å². The molecule has 4 heteroatoms. The van der Waals surface area contributed by atoms with Gasteiger partial charge in [-0.2, -0.15) is 0 Å². The molecule has 2 aliphatic rings. The van der Waals surface area contributed by atoms with Crippen LogP contribution >= 0.6 is 15.9 Å². The third-order valence-corrected chi connectivity index (χ3v) is 4.71. The average molecular weight is 324 g/mol. The fourth-order valence-corrected chi connectivity index (χ4v) is 3.85. The molecule has 1 N–H and O–H groups in total. The molecule has 102 valence electrons. The molecule has 1 aromatic rings. The Kier molecular flexibility index (Phi) is 3.39. The summed E-state index contributed by atoms with van der Waals surface area (Å²) in [4.78, 5) is 13.3. The van der Waals surface area contributed by atoms with Gasteiger partial charge in [0.2, 0.25) is 0 Å². The molecule has 0 spiro atoms. The molecular weight excluding hydrogens is 306 g/mol. The van der Waals surface area contributed by atoms with E-state index in [0.29, 0.717) is 11.8 Å². The summed E-state index contributed by atoms with van der Waals surface area (Å²) in [5, 5.41) is 8.94. The fraction of sp³-hybridized carbons (Fsp3) is 0.533. The van der Waals surface area contributed by atoms with Crippen LogP contribution in [0.2, 0.25) is 0 Å². The van der Waals surface area contributed by atoms with E-state index in [1.54, 1.807) is 0 Å². The van der Waals surface area contributed by atoms with Crippen molar-refractivity contribution in [3.05, 3.63) is 33.8 Å². The Bertz CT molecular complexity index is 491. The van der Waals surface area contributed by atoms with E-state index < -0.39 is 5.97 Å². The van der Waals surface area contributed by atoms with Gasteiger partial charge in [0.25, 0.3) is 0 Å². The molecule has 1 aliphatic heterocycles. The molecule has 0 bridgehead atoms. The van der Waals surface area contributed by atoms with Crippen molar-refractivity contribution in [2.24, 2.45) is 17.8 Å². The Morgan fingerprint density at radius 2 is 2.16 bits per heavy atom. The largest absolute Gasteiger partial charge is 0.481 e. The molecule has 1 saturated carbocycles. The lowest BCUT2D eigenvalue weighted by Crippen LogP contribution is -2.47. The highest BCUT2D eigenvalue weighted by molar-refractivity contribution is 9.10. The highest BCUT2D eigenvalue weighted by atomic mass is 79.9. The van der Waals surface area contributed by atoms with E-state index in [0.717, 1.165) is 30.5 Å². The zero-order valence-corrected chi connectivity index (χ0v) is 12.6. The van der Waals surface area contributed by atoms with Crippen LogP contribution in [0, 0.1) is 24.7 Å². The number of nitrogens with zero attached hydrogens (tertiary/aromatic N) is 1. The van der Waals surface area contributed by atoms with Crippen molar-refractivity contribution in [1.82, 2.24) is 4.90 Å². The highest BCUT2D eigenvalue weighted by Gasteiger charge is 2.51. The van der Waals surface area contributed by atoms with E-state index in [-0.39, 0.29) is 5.92 Å². The first-order chi connectivity index (χ1) is 9.02. The molecule has 1 aromatic carbocycles. The molecule has 2 atom stereocenters. The molecule has 19 heavy (non-hydrogen) atoms. The lowest BCUT2D eigenvalue weighted by molar-refractivity contribution is -0.139. The number of rotatable bonds is 4. The number of likely N-dealkylation sites (tertiary alicyclic amines) is 1. The van der Waals surface area contributed by atoms with Gasteiger partial charge in [-0.25, -0.2) is 0 Å². The van der Waals surface area contributed by atoms with Crippen LogP contribution in [0.25, 0.3) is 0 Å². The minimum Gasteiger partial charge on any atom is -0.481 e. The summed E-state index contributed by atoms with van der Waals surface area (Å²) in [6.45, 7) is 5.19. The average Bonchev–Trinajstić information content (AvgIpc) is 3.00. The number of carbonyl (C=O) groups is 1. The zero-order chi connectivity index (χ0) is 13.6. The predicted octanol–water partition coefficient (Wildman–Crippen LogP) is 2.91. The van der Waals surface area contributed by atoms with Crippen molar-refractivity contribution in [1.29, 1.82) is 0 Å². The standard InChI is InChI=1S/C15H18BrNO2/c1-9-2-10(4-12(16)3-9)6-17-7-11(8-17)13-5-14(13)15(18)19/h2-4,11,13-14H,5-8H2,1H3,(H,18,19)/t13-,14+/m0/s1. The summed E-state index contributed by atoms with van der Waals surface area (Å²) >= 11 is 3.53. The molecule has 0 radical (unpaired) electrons. The maximum absolute atomic E-state index is 10.8. The lowest BCUT2D eigenvalue weighted by atomic mass is 9.92. The maximum atomic E-state index is 10.8. The van der Waals surface area contributed by atoms with Gasteiger partial charge in [-0.05, 0) is 48.4 Å². The second-order valence-electron chi connectivity index (χ2n) is 5.94. The molecule has 3 rings (SSSR count). The summed E-state index contributed by atoms with van der Waals surface area (Å²) < 4.78 is 1.13. The number of hydrogen-bond donors (Lipinski definition) is 1. The second-order valence-corrected chi connectivity index (χ2v) is 6.85. The number of carboxylic acids is 1. The van der Waals surface area contributed by atoms with Crippen molar-refractivity contribution >= 4 is 21.9 Å². The molecule has 1 saturated heterocycles. The number of hydrogen-bond acceptors (Lipinski definition) is 2. The summed E-state index contributed by atoms with van der Waals surface area (Å²) in [7, 11) is 0. The normalized spacial score (nSPS) is 27.1. The minimum atomic E-state index is -0.605. The first-order valence-electron chi connectivity index (χ1n) is 6.74. The van der Waals surface area contributed by atoms with E-state index in [4.69, 9.17) is 5.11 Å². The van der Waals surface area contributed by atoms with Gasteiger partial charge in [-0.15, -0.1) is 0 Å². The third-order valence-electron chi connectivity index (χ3n) is 4.26. The van der Waals surface area contributed by atoms with E-state index >= 15 is 0 Å². The predicted molar refractivity (Wildman–Crippen MR) is 76.9 cm³/mol. The van der Waals surface area contributed by atoms with Crippen LogP contribution in [-0.2, 0) is 11.3 Å². The van der Waals surface area contributed by atoms with Gasteiger partial charge in [-0.1, -0.05) is 22.0 Å². The molecule has 2 fully saturated rings. The number of aryl methyl sites for hydroxylation is 1. The molecule has 0 aromatic heterocycles. The Morgan fingerprint density at radius 3 is 2.74 bits per heavy atom. The van der Waals surface area contributed by atoms with Crippen molar-refractivity contribution in [2.45, 2.75) is 19.9 Å². The van der Waals surface area contributed by atoms with E-state index in [1.807, 2.05) is 0 Å². The highest BCUT2D eigenvalue weighted by Crippen LogP contribution is 2.47. The first kappa shape index (κ1) is 13.1. The van der Waals surface area contributed by atoms with Crippen LogP contribution in [0.15, 0.2) is 22.7 Å². The van der Waals surface area contributed by atoms with Crippen LogP contribution < -0.4 is 0 Å². The Hall–Kier alpha value is -0.870. The fourth-order valence-electron chi connectivity index (χ4n) is 3.19. The van der Waals surface area contributed by atoms with Crippen LogP contribution in [0.5, 0.6) is 0 Å². The number of halogens is 1. The maximum Gasteiger partial charge on any atom is 0.306 e. The SMILES string of the molecule is Cc1cc(Br)cc(CN2CC([C@@H]3C[C@H]3C(=O)O)C2)c1. The van der Waals surface area contributed by atoms with Gasteiger partial charge in [0.1, 0.15) is 0 Å².